The molecule has 0 aliphatic heterocycles. The Bertz CT molecular complexity index is 588. The van der Waals surface area contributed by atoms with Crippen LogP contribution in [-0.2, 0) is 0 Å². The van der Waals surface area contributed by atoms with Gasteiger partial charge in [0.05, 0.1) is 10.4 Å². The lowest BCUT2D eigenvalue weighted by Gasteiger charge is -1.99. The van der Waals surface area contributed by atoms with Crippen molar-refractivity contribution in [2.24, 2.45) is 0 Å². The van der Waals surface area contributed by atoms with Crippen LogP contribution in [-0.4, -0.2) is 5.78 Å². The van der Waals surface area contributed by atoms with Crippen LogP contribution in [0.2, 0.25) is 0 Å². The van der Waals surface area contributed by atoms with E-state index < -0.39 is 0 Å². The van der Waals surface area contributed by atoms with Crippen LogP contribution in [0.3, 0.4) is 0 Å². The van der Waals surface area contributed by atoms with E-state index in [9.17, 15) is 4.79 Å². The lowest BCUT2D eigenvalue weighted by molar-refractivity contribution is 0.104. The van der Waals surface area contributed by atoms with Crippen LogP contribution in [0.25, 0.3) is 0 Å². The monoisotopic (exact) mass is 248 g/mol. The molecule has 3 heteroatoms. The third-order valence-electron chi connectivity index (χ3n) is 3.04. The Balaban J connectivity index is 2.55. The Kier molecular flexibility index (Phi) is 2.96. The molecule has 0 aromatic carbocycles. The third kappa shape index (κ3) is 1.95. The fourth-order valence-corrected chi connectivity index (χ4v) is 3.08. The number of rotatable bonds is 2. The maximum absolute atomic E-state index is 12.5. The van der Waals surface area contributed by atoms with E-state index in [1.54, 1.807) is 11.3 Å². The van der Waals surface area contributed by atoms with Gasteiger partial charge in [0.2, 0.25) is 5.78 Å². The predicted molar refractivity (Wildman–Crippen MR) is 70.1 cm³/mol. The van der Waals surface area contributed by atoms with Gasteiger partial charge < -0.3 is 4.42 Å². The standard InChI is InChI=1S/C14H16O2S/c1-7-6-8(2)17-14(7)13(15)12-9(3)10(4)16-11(12)5/h6H,1-5H3. The predicted octanol–water partition coefficient (Wildman–Crippen LogP) is 4.11. The second kappa shape index (κ2) is 4.15. The van der Waals surface area contributed by atoms with Crippen molar-refractivity contribution in [2.75, 3.05) is 0 Å². The molecule has 0 N–H and O–H groups in total. The Hall–Kier alpha value is -1.35. The second-order valence-corrected chi connectivity index (χ2v) is 5.67. The summed E-state index contributed by atoms with van der Waals surface area (Å²) in [6.45, 7) is 9.69. The molecule has 2 heterocycles. The van der Waals surface area contributed by atoms with E-state index in [2.05, 4.69) is 6.07 Å². The molecular formula is C14H16O2S. The molecule has 0 bridgehead atoms. The van der Waals surface area contributed by atoms with Crippen LogP contribution >= 0.6 is 11.3 Å². The molecular weight excluding hydrogens is 232 g/mol. The van der Waals surface area contributed by atoms with Gasteiger partial charge in [-0.1, -0.05) is 0 Å². The highest BCUT2D eigenvalue weighted by Gasteiger charge is 2.22. The van der Waals surface area contributed by atoms with E-state index in [0.29, 0.717) is 0 Å². The zero-order chi connectivity index (χ0) is 12.7. The summed E-state index contributed by atoms with van der Waals surface area (Å²) in [7, 11) is 0. The molecule has 2 aromatic heterocycles. The summed E-state index contributed by atoms with van der Waals surface area (Å²) >= 11 is 1.55. The topological polar surface area (TPSA) is 30.2 Å². The molecule has 0 aliphatic rings. The van der Waals surface area contributed by atoms with Crippen LogP contribution in [0.1, 0.15) is 42.8 Å². The molecule has 2 rings (SSSR count). The summed E-state index contributed by atoms with van der Waals surface area (Å²) < 4.78 is 5.52. The largest absolute Gasteiger partial charge is 0.466 e. The average Bonchev–Trinajstić information content (AvgIpc) is 2.68. The number of thiophene rings is 1. The van der Waals surface area contributed by atoms with Crippen molar-refractivity contribution in [1.82, 2.24) is 0 Å². The Morgan fingerprint density at radius 1 is 1.12 bits per heavy atom. The van der Waals surface area contributed by atoms with Crippen LogP contribution in [0.15, 0.2) is 10.5 Å². The first kappa shape index (κ1) is 12.1. The molecule has 0 aliphatic carbocycles. The molecule has 0 radical (unpaired) electrons. The number of ketones is 1. The maximum atomic E-state index is 12.5. The van der Waals surface area contributed by atoms with E-state index in [4.69, 9.17) is 4.42 Å². The molecule has 90 valence electrons. The number of aryl methyl sites for hydroxylation is 4. The second-order valence-electron chi connectivity index (χ2n) is 4.41. The van der Waals surface area contributed by atoms with Crippen molar-refractivity contribution >= 4 is 17.1 Å². The summed E-state index contributed by atoms with van der Waals surface area (Å²) in [4.78, 5) is 14.5. The molecule has 0 spiro atoms. The molecule has 0 fully saturated rings. The number of hydrogen-bond acceptors (Lipinski definition) is 3. The van der Waals surface area contributed by atoms with E-state index in [1.165, 1.54) is 4.88 Å². The SMILES string of the molecule is Cc1cc(C)c(C(=O)c2c(C)oc(C)c2C)s1. The quantitative estimate of drug-likeness (QED) is 0.748. The van der Waals surface area contributed by atoms with Crippen LogP contribution in [0.4, 0.5) is 0 Å². The molecule has 17 heavy (non-hydrogen) atoms. The lowest BCUT2D eigenvalue weighted by Crippen LogP contribution is -2.02. The summed E-state index contributed by atoms with van der Waals surface area (Å²) in [5.74, 6) is 1.64. The first-order valence-corrected chi connectivity index (χ1v) is 6.41. The first-order chi connectivity index (χ1) is 7.91. The average molecular weight is 248 g/mol. The van der Waals surface area contributed by atoms with Gasteiger partial charge >= 0.3 is 0 Å². The highest BCUT2D eigenvalue weighted by atomic mass is 32.1. The number of hydrogen-bond donors (Lipinski definition) is 0. The van der Waals surface area contributed by atoms with Crippen molar-refractivity contribution in [3.8, 4) is 0 Å². The van der Waals surface area contributed by atoms with Crippen LogP contribution < -0.4 is 0 Å². The van der Waals surface area contributed by atoms with Gasteiger partial charge in [0.25, 0.3) is 0 Å². The van der Waals surface area contributed by atoms with Crippen molar-refractivity contribution in [1.29, 1.82) is 0 Å². The van der Waals surface area contributed by atoms with Gasteiger partial charge in [-0.3, -0.25) is 4.79 Å². The number of carbonyl (C=O) groups excluding carboxylic acids is 1. The van der Waals surface area contributed by atoms with Crippen molar-refractivity contribution < 1.29 is 9.21 Å². The minimum absolute atomic E-state index is 0.0902. The normalized spacial score (nSPS) is 10.9. The highest BCUT2D eigenvalue weighted by Crippen LogP contribution is 2.29. The van der Waals surface area contributed by atoms with Gasteiger partial charge in [-0.05, 0) is 46.2 Å². The summed E-state index contributed by atoms with van der Waals surface area (Å²) in [5, 5.41) is 0. The third-order valence-corrected chi connectivity index (χ3v) is 4.19. The van der Waals surface area contributed by atoms with Gasteiger partial charge in [-0.15, -0.1) is 11.3 Å². The summed E-state index contributed by atoms with van der Waals surface area (Å²) in [5.41, 5.74) is 2.74. The Morgan fingerprint density at radius 3 is 2.18 bits per heavy atom. The molecule has 2 nitrogen and oxygen atoms in total. The fraction of sp³-hybridized carbons (Fsp3) is 0.357. The molecule has 0 saturated heterocycles. The minimum atomic E-state index is 0.0902. The van der Waals surface area contributed by atoms with Gasteiger partial charge in [-0.2, -0.15) is 0 Å². The molecule has 0 amide bonds. The Labute approximate surface area is 105 Å². The Morgan fingerprint density at radius 2 is 1.76 bits per heavy atom. The molecule has 0 atom stereocenters. The summed E-state index contributed by atoms with van der Waals surface area (Å²) in [6, 6.07) is 2.05. The molecule has 0 saturated carbocycles. The van der Waals surface area contributed by atoms with Gasteiger partial charge in [0.15, 0.2) is 0 Å². The highest BCUT2D eigenvalue weighted by molar-refractivity contribution is 7.14. The zero-order valence-electron chi connectivity index (χ0n) is 10.8. The van der Waals surface area contributed by atoms with E-state index in [0.717, 1.165) is 33.1 Å². The molecule has 2 aromatic rings. The van der Waals surface area contributed by atoms with Gasteiger partial charge in [0, 0.05) is 10.4 Å². The lowest BCUT2D eigenvalue weighted by atomic mass is 10.0. The van der Waals surface area contributed by atoms with Gasteiger partial charge in [0.1, 0.15) is 11.5 Å². The molecule has 0 unspecified atom stereocenters. The van der Waals surface area contributed by atoms with E-state index in [-0.39, 0.29) is 5.78 Å². The number of carbonyl (C=O) groups is 1. The van der Waals surface area contributed by atoms with Crippen molar-refractivity contribution in [2.45, 2.75) is 34.6 Å². The van der Waals surface area contributed by atoms with Crippen molar-refractivity contribution in [3.63, 3.8) is 0 Å². The van der Waals surface area contributed by atoms with Crippen LogP contribution in [0, 0.1) is 34.6 Å². The van der Waals surface area contributed by atoms with Crippen molar-refractivity contribution in [3.05, 3.63) is 44.0 Å². The van der Waals surface area contributed by atoms with Crippen LogP contribution in [0.5, 0.6) is 0 Å². The zero-order valence-corrected chi connectivity index (χ0v) is 11.6. The summed E-state index contributed by atoms with van der Waals surface area (Å²) in [6.07, 6.45) is 0. The smallest absolute Gasteiger partial charge is 0.207 e. The first-order valence-electron chi connectivity index (χ1n) is 5.60. The number of furan rings is 1. The maximum Gasteiger partial charge on any atom is 0.207 e. The minimum Gasteiger partial charge on any atom is -0.466 e. The van der Waals surface area contributed by atoms with E-state index in [1.807, 2.05) is 34.6 Å². The van der Waals surface area contributed by atoms with E-state index >= 15 is 0 Å². The fourth-order valence-electron chi connectivity index (χ4n) is 2.11. The van der Waals surface area contributed by atoms with Gasteiger partial charge in [-0.25, -0.2) is 0 Å².